The zero-order chi connectivity index (χ0) is 10.1. The lowest BCUT2D eigenvalue weighted by Gasteiger charge is -2.04. The van der Waals surface area contributed by atoms with E-state index in [1.54, 1.807) is 0 Å². The lowest BCUT2D eigenvalue weighted by Crippen LogP contribution is -2.04. The van der Waals surface area contributed by atoms with E-state index in [9.17, 15) is 0 Å². The lowest BCUT2D eigenvalue weighted by atomic mass is 10.2. The predicted octanol–water partition coefficient (Wildman–Crippen LogP) is 2.44. The van der Waals surface area contributed by atoms with Crippen molar-refractivity contribution in [3.8, 4) is 0 Å². The van der Waals surface area contributed by atoms with Crippen LogP contribution in [0.3, 0.4) is 0 Å². The molecule has 0 aromatic heterocycles. The Hall–Kier alpha value is -0.860. The molecule has 1 aromatic carbocycles. The number of ether oxygens (including phenoxy) is 2. The van der Waals surface area contributed by atoms with Gasteiger partial charge in [0.05, 0.1) is 19.8 Å². The minimum absolute atomic E-state index is 0.648. The van der Waals surface area contributed by atoms with Gasteiger partial charge in [0.1, 0.15) is 0 Å². The minimum atomic E-state index is 0.648. The summed E-state index contributed by atoms with van der Waals surface area (Å²) in [5, 5.41) is 0. The van der Waals surface area contributed by atoms with Gasteiger partial charge in [0.15, 0.2) is 0 Å². The van der Waals surface area contributed by atoms with Crippen LogP contribution < -0.4 is 0 Å². The Bertz CT molecular complexity index is 221. The van der Waals surface area contributed by atoms with Gasteiger partial charge in [0.25, 0.3) is 0 Å². The smallest absolute Gasteiger partial charge is 0.0718 e. The largest absolute Gasteiger partial charge is 0.379 e. The summed E-state index contributed by atoms with van der Waals surface area (Å²) >= 11 is 0. The van der Waals surface area contributed by atoms with Crippen LogP contribution >= 0.6 is 0 Å². The van der Waals surface area contributed by atoms with Gasteiger partial charge in [0, 0.05) is 6.61 Å². The quantitative estimate of drug-likeness (QED) is 0.619. The fourth-order valence-electron chi connectivity index (χ4n) is 1.09. The number of benzene rings is 1. The topological polar surface area (TPSA) is 18.5 Å². The molecule has 1 radical (unpaired) electrons. The molecular formula is C12H17O2. The molecular weight excluding hydrogens is 176 g/mol. The Balaban J connectivity index is 1.99. The Morgan fingerprint density at radius 1 is 0.929 bits per heavy atom. The Morgan fingerprint density at radius 3 is 2.36 bits per heavy atom. The first kappa shape index (κ1) is 11.2. The van der Waals surface area contributed by atoms with E-state index in [4.69, 9.17) is 9.47 Å². The summed E-state index contributed by atoms with van der Waals surface area (Å²) in [6, 6.07) is 10.1. The van der Waals surface area contributed by atoms with Crippen molar-refractivity contribution >= 4 is 0 Å². The summed E-state index contributed by atoms with van der Waals surface area (Å²) in [5.41, 5.74) is 1.20. The van der Waals surface area contributed by atoms with Gasteiger partial charge in [-0.2, -0.15) is 0 Å². The molecule has 14 heavy (non-hydrogen) atoms. The molecule has 0 saturated heterocycles. The third kappa shape index (κ3) is 5.00. The highest BCUT2D eigenvalue weighted by molar-refractivity contribution is 5.13. The molecule has 0 aliphatic heterocycles. The highest BCUT2D eigenvalue weighted by Gasteiger charge is 1.91. The van der Waals surface area contributed by atoms with Crippen molar-refractivity contribution in [3.63, 3.8) is 0 Å². The van der Waals surface area contributed by atoms with E-state index in [0.717, 1.165) is 6.42 Å². The van der Waals surface area contributed by atoms with Crippen molar-refractivity contribution in [2.24, 2.45) is 0 Å². The van der Waals surface area contributed by atoms with Crippen molar-refractivity contribution < 1.29 is 9.47 Å². The Morgan fingerprint density at radius 2 is 1.64 bits per heavy atom. The average molecular weight is 193 g/mol. The SMILES string of the molecule is [CH2]CCOCCOCc1ccccc1. The van der Waals surface area contributed by atoms with Crippen LogP contribution in [0.4, 0.5) is 0 Å². The van der Waals surface area contributed by atoms with Crippen LogP contribution in [-0.2, 0) is 16.1 Å². The standard InChI is InChI=1S/C12H17O2/c1-2-8-13-9-10-14-11-12-6-4-3-5-7-12/h3-7H,1-2,8-11H2. The molecule has 77 valence electrons. The maximum absolute atomic E-state index is 5.42. The van der Waals surface area contributed by atoms with Gasteiger partial charge >= 0.3 is 0 Å². The van der Waals surface area contributed by atoms with Crippen molar-refractivity contribution in [1.82, 2.24) is 0 Å². The summed E-state index contributed by atoms with van der Waals surface area (Å²) in [4.78, 5) is 0. The van der Waals surface area contributed by atoms with Gasteiger partial charge in [-0.3, -0.25) is 0 Å². The molecule has 2 nitrogen and oxygen atoms in total. The van der Waals surface area contributed by atoms with Crippen LogP contribution in [0.5, 0.6) is 0 Å². The van der Waals surface area contributed by atoms with Crippen LogP contribution in [0, 0.1) is 6.92 Å². The van der Waals surface area contributed by atoms with Gasteiger partial charge in [-0.05, 0) is 12.0 Å². The maximum Gasteiger partial charge on any atom is 0.0718 e. The van der Waals surface area contributed by atoms with Gasteiger partial charge in [-0.1, -0.05) is 37.3 Å². The first-order valence-corrected chi connectivity index (χ1v) is 4.92. The number of hydrogen-bond donors (Lipinski definition) is 0. The van der Waals surface area contributed by atoms with Crippen molar-refractivity contribution in [2.45, 2.75) is 13.0 Å². The van der Waals surface area contributed by atoms with E-state index < -0.39 is 0 Å². The summed E-state index contributed by atoms with van der Waals surface area (Å²) in [6.07, 6.45) is 0.818. The third-order valence-electron chi connectivity index (χ3n) is 1.77. The molecule has 0 saturated carbocycles. The summed E-state index contributed by atoms with van der Waals surface area (Å²) in [5.74, 6) is 0. The highest BCUT2D eigenvalue weighted by atomic mass is 16.5. The second-order valence-corrected chi connectivity index (χ2v) is 3.00. The fraction of sp³-hybridized carbons (Fsp3) is 0.417. The van der Waals surface area contributed by atoms with Gasteiger partial charge in [0.2, 0.25) is 0 Å². The fourth-order valence-corrected chi connectivity index (χ4v) is 1.09. The van der Waals surface area contributed by atoms with Gasteiger partial charge < -0.3 is 9.47 Å². The van der Waals surface area contributed by atoms with E-state index in [1.807, 2.05) is 18.2 Å². The van der Waals surface area contributed by atoms with Gasteiger partial charge in [-0.25, -0.2) is 0 Å². The molecule has 0 heterocycles. The molecule has 1 aromatic rings. The summed E-state index contributed by atoms with van der Waals surface area (Å²) in [7, 11) is 0. The van der Waals surface area contributed by atoms with Gasteiger partial charge in [-0.15, -0.1) is 0 Å². The average Bonchev–Trinajstić information content (AvgIpc) is 2.25. The molecule has 0 atom stereocenters. The summed E-state index contributed by atoms with van der Waals surface area (Å²) < 4.78 is 10.7. The molecule has 0 aliphatic rings. The van der Waals surface area contributed by atoms with E-state index in [2.05, 4.69) is 19.1 Å². The van der Waals surface area contributed by atoms with Crippen LogP contribution in [0.15, 0.2) is 30.3 Å². The molecule has 0 aliphatic carbocycles. The van der Waals surface area contributed by atoms with E-state index >= 15 is 0 Å². The highest BCUT2D eigenvalue weighted by Crippen LogP contribution is 1.99. The van der Waals surface area contributed by atoms with Crippen LogP contribution in [-0.4, -0.2) is 19.8 Å². The Kier molecular flexibility index (Phi) is 6.04. The second kappa shape index (κ2) is 7.54. The van der Waals surface area contributed by atoms with E-state index in [-0.39, 0.29) is 0 Å². The van der Waals surface area contributed by atoms with Crippen LogP contribution in [0.25, 0.3) is 0 Å². The van der Waals surface area contributed by atoms with Crippen molar-refractivity contribution in [2.75, 3.05) is 19.8 Å². The molecule has 0 N–H and O–H groups in total. The first-order chi connectivity index (χ1) is 6.93. The normalized spacial score (nSPS) is 10.4. The Labute approximate surface area is 85.8 Å². The van der Waals surface area contributed by atoms with E-state index in [1.165, 1.54) is 5.56 Å². The van der Waals surface area contributed by atoms with Crippen molar-refractivity contribution in [1.29, 1.82) is 0 Å². The zero-order valence-corrected chi connectivity index (χ0v) is 8.45. The molecule has 0 spiro atoms. The van der Waals surface area contributed by atoms with Crippen LogP contribution in [0.2, 0.25) is 0 Å². The first-order valence-electron chi connectivity index (χ1n) is 4.92. The lowest BCUT2D eigenvalue weighted by molar-refractivity contribution is 0.0421. The third-order valence-corrected chi connectivity index (χ3v) is 1.77. The monoisotopic (exact) mass is 193 g/mol. The predicted molar refractivity (Wildman–Crippen MR) is 56.9 cm³/mol. The number of hydrogen-bond acceptors (Lipinski definition) is 2. The zero-order valence-electron chi connectivity index (χ0n) is 8.45. The molecule has 0 amide bonds. The molecule has 2 heteroatoms. The number of rotatable bonds is 7. The summed E-state index contributed by atoms with van der Waals surface area (Å²) in [6.45, 7) is 6.37. The minimum Gasteiger partial charge on any atom is -0.379 e. The van der Waals surface area contributed by atoms with Crippen molar-refractivity contribution in [3.05, 3.63) is 42.8 Å². The maximum atomic E-state index is 5.42. The molecule has 1 rings (SSSR count). The second-order valence-electron chi connectivity index (χ2n) is 3.00. The van der Waals surface area contributed by atoms with E-state index in [0.29, 0.717) is 26.4 Å². The molecule has 0 fully saturated rings. The van der Waals surface area contributed by atoms with Crippen LogP contribution in [0.1, 0.15) is 12.0 Å². The molecule has 0 unspecified atom stereocenters. The molecule has 0 bridgehead atoms.